The molecule has 3 nitrogen and oxygen atoms in total. The molecule has 2 aliphatic heterocycles. The van der Waals surface area contributed by atoms with E-state index in [1.54, 1.807) is 0 Å². The molecule has 0 saturated carbocycles. The van der Waals surface area contributed by atoms with Gasteiger partial charge in [0.1, 0.15) is 5.72 Å². The molecule has 2 rings (SSSR count). The second kappa shape index (κ2) is 5.48. The van der Waals surface area contributed by atoms with Crippen LogP contribution >= 0.6 is 12.4 Å². The van der Waals surface area contributed by atoms with Crippen LogP contribution in [0, 0.1) is 5.92 Å². The summed E-state index contributed by atoms with van der Waals surface area (Å²) in [6, 6.07) is 0. The van der Waals surface area contributed by atoms with Crippen LogP contribution in [0.2, 0.25) is 0 Å². The van der Waals surface area contributed by atoms with Gasteiger partial charge in [-0.25, -0.2) is 0 Å². The van der Waals surface area contributed by atoms with E-state index in [9.17, 15) is 0 Å². The van der Waals surface area contributed by atoms with Crippen LogP contribution in [0.1, 0.15) is 26.7 Å². The molecule has 2 atom stereocenters. The summed E-state index contributed by atoms with van der Waals surface area (Å²) in [5, 5.41) is 3.45. The molecule has 2 aliphatic rings. The summed E-state index contributed by atoms with van der Waals surface area (Å²) in [6.07, 6.45) is 2.51. The molecular weight excluding hydrogens is 212 g/mol. The van der Waals surface area contributed by atoms with Gasteiger partial charge in [-0.1, -0.05) is 6.92 Å². The SMILES string of the molecule is CCN1CCC(CC2(C)NCCO2)C1.Cl. The average Bonchev–Trinajstić information content (AvgIpc) is 2.75. The first-order valence-electron chi connectivity index (χ1n) is 5.83. The minimum atomic E-state index is -0.0333. The van der Waals surface area contributed by atoms with Gasteiger partial charge < -0.3 is 9.64 Å². The van der Waals surface area contributed by atoms with Crippen LogP contribution in [-0.4, -0.2) is 43.4 Å². The summed E-state index contributed by atoms with van der Waals surface area (Å²) in [5.41, 5.74) is -0.0333. The number of likely N-dealkylation sites (tertiary alicyclic amines) is 1. The van der Waals surface area contributed by atoms with Gasteiger partial charge in [-0.3, -0.25) is 5.32 Å². The van der Waals surface area contributed by atoms with Crippen molar-refractivity contribution in [3.05, 3.63) is 0 Å². The molecule has 0 spiro atoms. The Morgan fingerprint density at radius 1 is 1.53 bits per heavy atom. The Labute approximate surface area is 99.0 Å². The Balaban J connectivity index is 0.00000112. The predicted molar refractivity (Wildman–Crippen MR) is 64.4 cm³/mol. The van der Waals surface area contributed by atoms with E-state index in [4.69, 9.17) is 4.74 Å². The van der Waals surface area contributed by atoms with Crippen LogP contribution in [0.15, 0.2) is 0 Å². The van der Waals surface area contributed by atoms with Gasteiger partial charge in [-0.05, 0) is 38.8 Å². The van der Waals surface area contributed by atoms with E-state index < -0.39 is 0 Å². The molecule has 15 heavy (non-hydrogen) atoms. The molecule has 0 amide bonds. The largest absolute Gasteiger partial charge is 0.360 e. The van der Waals surface area contributed by atoms with Crippen molar-refractivity contribution in [2.75, 3.05) is 32.8 Å². The predicted octanol–water partition coefficient (Wildman–Crippen LogP) is 1.48. The summed E-state index contributed by atoms with van der Waals surface area (Å²) in [7, 11) is 0. The highest BCUT2D eigenvalue weighted by atomic mass is 35.5. The maximum absolute atomic E-state index is 5.74. The zero-order chi connectivity index (χ0) is 10.0. The van der Waals surface area contributed by atoms with Crippen LogP contribution in [0.25, 0.3) is 0 Å². The molecule has 2 unspecified atom stereocenters. The van der Waals surface area contributed by atoms with Crippen LogP contribution in [0.3, 0.4) is 0 Å². The van der Waals surface area contributed by atoms with Gasteiger partial charge in [-0.15, -0.1) is 12.4 Å². The molecule has 0 aliphatic carbocycles. The van der Waals surface area contributed by atoms with Crippen LogP contribution in [0.4, 0.5) is 0 Å². The average molecular weight is 235 g/mol. The number of hydrogen-bond donors (Lipinski definition) is 1. The van der Waals surface area contributed by atoms with Gasteiger partial charge >= 0.3 is 0 Å². The van der Waals surface area contributed by atoms with E-state index in [-0.39, 0.29) is 18.1 Å². The number of halogens is 1. The first-order valence-corrected chi connectivity index (χ1v) is 5.83. The molecule has 2 fully saturated rings. The molecule has 0 aromatic rings. The van der Waals surface area contributed by atoms with E-state index in [1.807, 2.05) is 0 Å². The third-order valence-electron chi connectivity index (χ3n) is 3.52. The molecule has 4 heteroatoms. The van der Waals surface area contributed by atoms with Crippen molar-refractivity contribution >= 4 is 12.4 Å². The topological polar surface area (TPSA) is 24.5 Å². The second-order valence-corrected chi connectivity index (χ2v) is 4.76. The lowest BCUT2D eigenvalue weighted by atomic mass is 9.97. The maximum Gasteiger partial charge on any atom is 0.116 e. The minimum absolute atomic E-state index is 0. The normalized spacial score (nSPS) is 36.8. The second-order valence-electron chi connectivity index (χ2n) is 4.76. The van der Waals surface area contributed by atoms with E-state index >= 15 is 0 Å². The number of ether oxygens (including phenoxy) is 1. The highest BCUT2D eigenvalue weighted by Gasteiger charge is 2.34. The fourth-order valence-electron chi connectivity index (χ4n) is 2.69. The lowest BCUT2D eigenvalue weighted by Crippen LogP contribution is -2.40. The first-order chi connectivity index (χ1) is 6.72. The third kappa shape index (κ3) is 3.31. The van der Waals surface area contributed by atoms with Crippen molar-refractivity contribution < 1.29 is 4.74 Å². The monoisotopic (exact) mass is 234 g/mol. The van der Waals surface area contributed by atoms with Crippen LogP contribution in [-0.2, 0) is 4.74 Å². The molecule has 2 saturated heterocycles. The smallest absolute Gasteiger partial charge is 0.116 e. The Hall–Kier alpha value is 0.170. The molecule has 0 bridgehead atoms. The summed E-state index contributed by atoms with van der Waals surface area (Å²) in [5.74, 6) is 0.825. The van der Waals surface area contributed by atoms with Crippen molar-refractivity contribution in [3.8, 4) is 0 Å². The summed E-state index contributed by atoms with van der Waals surface area (Å²) >= 11 is 0. The van der Waals surface area contributed by atoms with Gasteiger partial charge in [0.15, 0.2) is 0 Å². The van der Waals surface area contributed by atoms with Crippen LogP contribution < -0.4 is 5.32 Å². The number of nitrogens with zero attached hydrogens (tertiary/aromatic N) is 1. The standard InChI is InChI=1S/C11H22N2O.ClH/c1-3-13-6-4-10(9-13)8-11(2)12-5-7-14-11;/h10,12H,3-9H2,1-2H3;1H. The molecule has 2 heterocycles. The summed E-state index contributed by atoms with van der Waals surface area (Å²) in [4.78, 5) is 2.53. The van der Waals surface area contributed by atoms with Gasteiger partial charge in [0.2, 0.25) is 0 Å². The number of hydrogen-bond acceptors (Lipinski definition) is 3. The van der Waals surface area contributed by atoms with E-state index in [0.717, 1.165) is 19.1 Å². The number of nitrogens with one attached hydrogen (secondary N) is 1. The first kappa shape index (κ1) is 13.2. The molecular formula is C11H23ClN2O. The molecule has 0 aromatic carbocycles. The maximum atomic E-state index is 5.74. The van der Waals surface area contributed by atoms with Crippen LogP contribution in [0.5, 0.6) is 0 Å². The zero-order valence-corrected chi connectivity index (χ0v) is 10.6. The van der Waals surface area contributed by atoms with Gasteiger partial charge in [-0.2, -0.15) is 0 Å². The van der Waals surface area contributed by atoms with Crippen molar-refractivity contribution in [1.82, 2.24) is 10.2 Å². The van der Waals surface area contributed by atoms with Gasteiger partial charge in [0.05, 0.1) is 6.61 Å². The Bertz CT molecular complexity index is 195. The Morgan fingerprint density at radius 2 is 2.33 bits per heavy atom. The quantitative estimate of drug-likeness (QED) is 0.801. The fraction of sp³-hybridized carbons (Fsp3) is 1.00. The Morgan fingerprint density at radius 3 is 2.87 bits per heavy atom. The van der Waals surface area contributed by atoms with E-state index in [2.05, 4.69) is 24.1 Å². The molecule has 90 valence electrons. The lowest BCUT2D eigenvalue weighted by molar-refractivity contribution is -0.0124. The molecule has 0 aromatic heterocycles. The highest BCUT2D eigenvalue weighted by Crippen LogP contribution is 2.27. The third-order valence-corrected chi connectivity index (χ3v) is 3.52. The van der Waals surface area contributed by atoms with Crippen molar-refractivity contribution in [3.63, 3.8) is 0 Å². The minimum Gasteiger partial charge on any atom is -0.360 e. The van der Waals surface area contributed by atoms with Gasteiger partial charge in [0.25, 0.3) is 0 Å². The molecule has 1 N–H and O–H groups in total. The van der Waals surface area contributed by atoms with Gasteiger partial charge in [0, 0.05) is 13.1 Å². The summed E-state index contributed by atoms with van der Waals surface area (Å²) in [6.45, 7) is 10.1. The van der Waals surface area contributed by atoms with E-state index in [0.29, 0.717) is 0 Å². The lowest BCUT2D eigenvalue weighted by Gasteiger charge is -2.27. The van der Waals surface area contributed by atoms with Crippen molar-refractivity contribution in [2.45, 2.75) is 32.4 Å². The molecule has 0 radical (unpaired) electrons. The summed E-state index contributed by atoms with van der Waals surface area (Å²) < 4.78 is 5.74. The zero-order valence-electron chi connectivity index (χ0n) is 9.79. The van der Waals surface area contributed by atoms with Crippen molar-refractivity contribution in [2.24, 2.45) is 5.92 Å². The highest BCUT2D eigenvalue weighted by molar-refractivity contribution is 5.85. The fourth-order valence-corrected chi connectivity index (χ4v) is 2.69. The Kier molecular flexibility index (Phi) is 4.84. The van der Waals surface area contributed by atoms with Crippen molar-refractivity contribution in [1.29, 1.82) is 0 Å². The number of rotatable bonds is 3. The van der Waals surface area contributed by atoms with E-state index in [1.165, 1.54) is 32.5 Å².